The summed E-state index contributed by atoms with van der Waals surface area (Å²) in [4.78, 5) is 2.85. The topological polar surface area (TPSA) is 39.6 Å². The maximum Gasteiger partial charge on any atom is 0.132 e. The largest absolute Gasteiger partial charge is 0.360 e. The molecule has 14 heavy (non-hydrogen) atoms. The van der Waals surface area contributed by atoms with Crippen LogP contribution < -0.4 is 0 Å². The van der Waals surface area contributed by atoms with E-state index in [1.54, 1.807) is 30.5 Å². The number of nitriles is 1. The highest BCUT2D eigenvalue weighted by Gasteiger charge is 2.09. The van der Waals surface area contributed by atoms with Crippen LogP contribution in [0.2, 0.25) is 0 Å². The smallest absolute Gasteiger partial charge is 0.132 e. The highest BCUT2D eigenvalue weighted by atomic mass is 19.1. The fourth-order valence-corrected chi connectivity index (χ4v) is 1.35. The third-order valence-electron chi connectivity index (χ3n) is 2.01. The second-order valence-electron chi connectivity index (χ2n) is 2.86. The predicted molar refractivity (Wildman–Crippen MR) is 50.9 cm³/mol. The number of aromatic amines is 1. The van der Waals surface area contributed by atoms with Gasteiger partial charge in [0.15, 0.2) is 0 Å². The number of nitrogens with one attached hydrogen (secondary N) is 1. The Hall–Kier alpha value is -2.08. The zero-order valence-electron chi connectivity index (χ0n) is 7.29. The van der Waals surface area contributed by atoms with Gasteiger partial charge in [-0.2, -0.15) is 5.26 Å². The average Bonchev–Trinajstić information content (AvgIpc) is 2.66. The summed E-state index contributed by atoms with van der Waals surface area (Å²) in [6.07, 6.45) is 1.63. The van der Waals surface area contributed by atoms with Crippen molar-refractivity contribution in [2.45, 2.75) is 0 Å². The number of hydrogen-bond acceptors (Lipinski definition) is 1. The van der Waals surface area contributed by atoms with Crippen LogP contribution in [0.1, 0.15) is 5.56 Å². The number of aromatic nitrogens is 1. The number of halogens is 1. The van der Waals surface area contributed by atoms with Gasteiger partial charge in [0.1, 0.15) is 11.9 Å². The summed E-state index contributed by atoms with van der Waals surface area (Å²) < 4.78 is 13.3. The van der Waals surface area contributed by atoms with Crippen molar-refractivity contribution in [3.63, 3.8) is 0 Å². The summed E-state index contributed by atoms with van der Waals surface area (Å²) in [5.74, 6) is -0.327. The summed E-state index contributed by atoms with van der Waals surface area (Å²) in [5, 5.41) is 8.77. The molecule has 1 N–H and O–H groups in total. The standard InChI is InChI=1S/C11H7FN2/c12-10-4-2-1-3-9(10)11-8(7-13)5-6-14-11/h1-6,14H. The fourth-order valence-electron chi connectivity index (χ4n) is 1.35. The van der Waals surface area contributed by atoms with Crippen molar-refractivity contribution < 1.29 is 4.39 Å². The van der Waals surface area contributed by atoms with Crippen LogP contribution in [0.25, 0.3) is 11.3 Å². The van der Waals surface area contributed by atoms with Gasteiger partial charge in [-0.3, -0.25) is 0 Å². The molecule has 1 aromatic heterocycles. The van der Waals surface area contributed by atoms with E-state index < -0.39 is 0 Å². The van der Waals surface area contributed by atoms with E-state index >= 15 is 0 Å². The number of rotatable bonds is 1. The third kappa shape index (κ3) is 1.27. The molecule has 2 nitrogen and oxygen atoms in total. The number of hydrogen-bond donors (Lipinski definition) is 1. The first-order valence-corrected chi connectivity index (χ1v) is 4.15. The molecule has 0 aliphatic heterocycles. The van der Waals surface area contributed by atoms with Crippen LogP contribution in [0.4, 0.5) is 4.39 Å². The van der Waals surface area contributed by atoms with Crippen LogP contribution in [0, 0.1) is 17.1 Å². The van der Waals surface area contributed by atoms with Crippen LogP contribution in [-0.2, 0) is 0 Å². The van der Waals surface area contributed by atoms with Crippen molar-refractivity contribution in [3.8, 4) is 17.3 Å². The van der Waals surface area contributed by atoms with Crippen molar-refractivity contribution in [1.29, 1.82) is 5.26 Å². The van der Waals surface area contributed by atoms with Crippen LogP contribution >= 0.6 is 0 Å². The lowest BCUT2D eigenvalue weighted by atomic mass is 10.1. The Kier molecular flexibility index (Phi) is 2.04. The molecule has 3 heteroatoms. The van der Waals surface area contributed by atoms with E-state index in [9.17, 15) is 4.39 Å². The Labute approximate surface area is 80.6 Å². The van der Waals surface area contributed by atoms with Gasteiger partial charge in [-0.05, 0) is 18.2 Å². The van der Waals surface area contributed by atoms with E-state index in [2.05, 4.69) is 4.98 Å². The van der Waals surface area contributed by atoms with E-state index in [1.165, 1.54) is 6.07 Å². The van der Waals surface area contributed by atoms with Crippen molar-refractivity contribution in [2.75, 3.05) is 0 Å². The summed E-state index contributed by atoms with van der Waals surface area (Å²) in [5.41, 5.74) is 1.41. The molecule has 2 aromatic rings. The zero-order chi connectivity index (χ0) is 9.97. The average molecular weight is 186 g/mol. The highest BCUT2D eigenvalue weighted by Crippen LogP contribution is 2.23. The maximum atomic E-state index is 13.3. The lowest BCUT2D eigenvalue weighted by Gasteiger charge is -2.00. The molecule has 0 atom stereocenters. The van der Waals surface area contributed by atoms with E-state index in [-0.39, 0.29) is 5.82 Å². The van der Waals surface area contributed by atoms with Crippen LogP contribution in [0.5, 0.6) is 0 Å². The van der Waals surface area contributed by atoms with Gasteiger partial charge in [0.05, 0.1) is 11.3 Å². The molecule has 0 unspecified atom stereocenters. The van der Waals surface area contributed by atoms with Gasteiger partial charge in [0.25, 0.3) is 0 Å². The molecule has 0 radical (unpaired) electrons. The van der Waals surface area contributed by atoms with Crippen molar-refractivity contribution >= 4 is 0 Å². The van der Waals surface area contributed by atoms with Gasteiger partial charge in [0, 0.05) is 11.8 Å². The predicted octanol–water partition coefficient (Wildman–Crippen LogP) is 2.69. The van der Waals surface area contributed by atoms with Gasteiger partial charge in [-0.15, -0.1) is 0 Å². The molecule has 2 rings (SSSR count). The summed E-state index contributed by atoms with van der Waals surface area (Å²) in [6, 6.07) is 10.00. The molecule has 0 saturated carbocycles. The highest BCUT2D eigenvalue weighted by molar-refractivity contribution is 5.67. The maximum absolute atomic E-state index is 13.3. The normalized spacial score (nSPS) is 9.71. The summed E-state index contributed by atoms with van der Waals surface area (Å²) >= 11 is 0. The number of benzene rings is 1. The van der Waals surface area contributed by atoms with Crippen LogP contribution in [0.15, 0.2) is 36.5 Å². The second kappa shape index (κ2) is 3.35. The number of H-pyrrole nitrogens is 1. The van der Waals surface area contributed by atoms with Gasteiger partial charge in [-0.25, -0.2) is 4.39 Å². The quantitative estimate of drug-likeness (QED) is 0.730. The molecule has 0 bridgehead atoms. The Morgan fingerprint density at radius 3 is 2.71 bits per heavy atom. The molecule has 68 valence electrons. The molecule has 0 amide bonds. The minimum atomic E-state index is -0.327. The zero-order valence-corrected chi connectivity index (χ0v) is 7.29. The van der Waals surface area contributed by atoms with E-state index in [1.807, 2.05) is 6.07 Å². The van der Waals surface area contributed by atoms with Gasteiger partial charge in [-0.1, -0.05) is 12.1 Å². The molecule has 1 heterocycles. The minimum absolute atomic E-state index is 0.327. The molecule has 1 aromatic carbocycles. The first-order chi connectivity index (χ1) is 6.83. The van der Waals surface area contributed by atoms with E-state index in [4.69, 9.17) is 5.26 Å². The minimum Gasteiger partial charge on any atom is -0.360 e. The van der Waals surface area contributed by atoms with Gasteiger partial charge in [0.2, 0.25) is 0 Å². The SMILES string of the molecule is N#Cc1cc[nH]c1-c1ccccc1F. The monoisotopic (exact) mass is 186 g/mol. The van der Waals surface area contributed by atoms with Crippen molar-refractivity contribution in [1.82, 2.24) is 4.98 Å². The molecule has 0 aliphatic rings. The van der Waals surface area contributed by atoms with E-state index in [0.29, 0.717) is 16.8 Å². The number of nitrogens with zero attached hydrogens (tertiary/aromatic N) is 1. The Morgan fingerprint density at radius 2 is 2.00 bits per heavy atom. The molecule has 0 saturated heterocycles. The van der Waals surface area contributed by atoms with Crippen molar-refractivity contribution in [3.05, 3.63) is 47.9 Å². The van der Waals surface area contributed by atoms with Crippen molar-refractivity contribution in [2.24, 2.45) is 0 Å². The fraction of sp³-hybridized carbons (Fsp3) is 0. The summed E-state index contributed by atoms with van der Waals surface area (Å²) in [7, 11) is 0. The van der Waals surface area contributed by atoms with Gasteiger partial charge >= 0.3 is 0 Å². The van der Waals surface area contributed by atoms with Crippen LogP contribution in [-0.4, -0.2) is 4.98 Å². The van der Waals surface area contributed by atoms with E-state index in [0.717, 1.165) is 0 Å². The Morgan fingerprint density at radius 1 is 1.21 bits per heavy atom. The molecular weight excluding hydrogens is 179 g/mol. The molecule has 0 fully saturated rings. The molecule has 0 spiro atoms. The third-order valence-corrected chi connectivity index (χ3v) is 2.01. The first-order valence-electron chi connectivity index (χ1n) is 4.15. The second-order valence-corrected chi connectivity index (χ2v) is 2.86. The Bertz CT molecular complexity index is 494. The first kappa shape index (κ1) is 8.52. The summed E-state index contributed by atoms with van der Waals surface area (Å²) in [6.45, 7) is 0. The molecular formula is C11H7FN2. The van der Waals surface area contributed by atoms with Gasteiger partial charge < -0.3 is 4.98 Å². The lowest BCUT2D eigenvalue weighted by Crippen LogP contribution is -1.85. The van der Waals surface area contributed by atoms with Crippen LogP contribution in [0.3, 0.4) is 0 Å². The lowest BCUT2D eigenvalue weighted by molar-refractivity contribution is 0.631. The molecule has 0 aliphatic carbocycles. The Balaban J connectivity index is 2.62.